The predicted octanol–water partition coefficient (Wildman–Crippen LogP) is 6.90. The van der Waals surface area contributed by atoms with Crippen molar-refractivity contribution in [2.75, 3.05) is 18.5 Å². The van der Waals surface area contributed by atoms with Crippen LogP contribution in [0.2, 0.25) is 0 Å². The minimum atomic E-state index is 0.272. The lowest BCUT2D eigenvalue weighted by atomic mass is 9.75. The Morgan fingerprint density at radius 2 is 1.62 bits per heavy atom. The summed E-state index contributed by atoms with van der Waals surface area (Å²) in [7, 11) is 0. The van der Waals surface area contributed by atoms with Crippen LogP contribution in [0.15, 0.2) is 72.8 Å². The Balaban J connectivity index is 1.40. The number of nitrogens with one attached hydrogen (secondary N) is 1. The highest BCUT2D eigenvalue weighted by Crippen LogP contribution is 2.53. The number of rotatable bonds is 6. The number of hydrogen-bond donors (Lipinski definition) is 1. The van der Waals surface area contributed by atoms with Gasteiger partial charge in [-0.05, 0) is 73.6 Å². The van der Waals surface area contributed by atoms with Gasteiger partial charge in [0.1, 0.15) is 24.7 Å². The third kappa shape index (κ3) is 3.88. The van der Waals surface area contributed by atoms with Gasteiger partial charge in [0, 0.05) is 5.92 Å². The van der Waals surface area contributed by atoms with E-state index in [2.05, 4.69) is 68.6 Å². The second-order valence-electron chi connectivity index (χ2n) is 9.02. The quantitative estimate of drug-likeness (QED) is 0.344. The first-order chi connectivity index (χ1) is 15.6. The third-order valence-corrected chi connectivity index (χ3v) is 6.76. The molecule has 0 saturated carbocycles. The standard InChI is InChI=1S/C29H31NO2/c1-19-17-20(2)27(21(3)18-19)29-25-12-7-11-23(25)24-13-8-14-26(28(24)30-29)32-16-15-31-22-9-5-4-6-10-22/h4-11,13-14,17-18,23,25,29-30H,12,15-16H2,1-3H3. The molecular formula is C29H31NO2. The molecule has 0 saturated heterocycles. The van der Waals surface area contributed by atoms with Crippen LogP contribution in [0.25, 0.3) is 0 Å². The second kappa shape index (κ2) is 8.74. The number of anilines is 1. The molecular weight excluding hydrogens is 394 g/mol. The normalized spacial score (nSPS) is 20.9. The molecule has 0 fully saturated rings. The molecule has 3 aromatic carbocycles. The monoisotopic (exact) mass is 425 g/mol. The van der Waals surface area contributed by atoms with E-state index in [0.717, 1.165) is 23.6 Å². The number of para-hydroxylation sites is 2. The molecule has 0 spiro atoms. The highest BCUT2D eigenvalue weighted by molar-refractivity contribution is 5.68. The minimum Gasteiger partial charge on any atom is -0.490 e. The van der Waals surface area contributed by atoms with Gasteiger partial charge in [-0.15, -0.1) is 0 Å². The first-order valence-electron chi connectivity index (χ1n) is 11.6. The first kappa shape index (κ1) is 20.7. The second-order valence-corrected chi connectivity index (χ2v) is 9.02. The zero-order chi connectivity index (χ0) is 22.1. The Bertz CT molecular complexity index is 1110. The van der Waals surface area contributed by atoms with Crippen LogP contribution in [0.5, 0.6) is 11.5 Å². The van der Waals surface area contributed by atoms with Crippen molar-refractivity contribution in [1.29, 1.82) is 0 Å². The van der Waals surface area contributed by atoms with Gasteiger partial charge in [0.2, 0.25) is 0 Å². The molecule has 0 aromatic heterocycles. The molecule has 0 amide bonds. The van der Waals surface area contributed by atoms with E-state index in [9.17, 15) is 0 Å². The highest BCUT2D eigenvalue weighted by atomic mass is 16.5. The molecule has 5 rings (SSSR count). The van der Waals surface area contributed by atoms with E-state index < -0.39 is 0 Å². The molecule has 3 atom stereocenters. The molecule has 2 aliphatic rings. The van der Waals surface area contributed by atoms with Gasteiger partial charge < -0.3 is 14.8 Å². The first-order valence-corrected chi connectivity index (χ1v) is 11.6. The van der Waals surface area contributed by atoms with Crippen molar-refractivity contribution in [3.8, 4) is 11.5 Å². The minimum absolute atomic E-state index is 0.272. The van der Waals surface area contributed by atoms with Crippen molar-refractivity contribution < 1.29 is 9.47 Å². The van der Waals surface area contributed by atoms with Crippen molar-refractivity contribution in [2.24, 2.45) is 5.92 Å². The van der Waals surface area contributed by atoms with Gasteiger partial charge in [0.25, 0.3) is 0 Å². The van der Waals surface area contributed by atoms with E-state index in [1.165, 1.54) is 27.8 Å². The summed E-state index contributed by atoms with van der Waals surface area (Å²) in [6, 6.07) is 21.2. The lowest BCUT2D eigenvalue weighted by Crippen LogP contribution is -2.30. The van der Waals surface area contributed by atoms with E-state index in [1.807, 2.05) is 30.3 Å². The zero-order valence-corrected chi connectivity index (χ0v) is 19.1. The molecule has 1 N–H and O–H groups in total. The molecule has 0 radical (unpaired) electrons. The molecule has 3 aromatic rings. The Labute approximate surface area is 191 Å². The summed E-state index contributed by atoms with van der Waals surface area (Å²) < 4.78 is 12.0. The molecule has 0 bridgehead atoms. The van der Waals surface area contributed by atoms with Crippen LogP contribution in [-0.2, 0) is 0 Å². The highest BCUT2D eigenvalue weighted by Gasteiger charge is 2.40. The molecule has 3 nitrogen and oxygen atoms in total. The van der Waals surface area contributed by atoms with Crippen LogP contribution in [-0.4, -0.2) is 13.2 Å². The SMILES string of the molecule is Cc1cc(C)c(C2Nc3c(OCCOc4ccccc4)cccc3C3C=CCC32)c(C)c1. The van der Waals surface area contributed by atoms with E-state index in [-0.39, 0.29) is 6.04 Å². The van der Waals surface area contributed by atoms with Crippen molar-refractivity contribution in [3.05, 3.63) is 101 Å². The topological polar surface area (TPSA) is 30.5 Å². The molecule has 164 valence electrons. The molecule has 32 heavy (non-hydrogen) atoms. The number of benzene rings is 3. The summed E-state index contributed by atoms with van der Waals surface area (Å²) >= 11 is 0. The van der Waals surface area contributed by atoms with Gasteiger partial charge in [-0.2, -0.15) is 0 Å². The van der Waals surface area contributed by atoms with Crippen LogP contribution in [0.4, 0.5) is 5.69 Å². The average molecular weight is 426 g/mol. The lowest BCUT2D eigenvalue weighted by molar-refractivity contribution is 0.217. The van der Waals surface area contributed by atoms with E-state index in [1.54, 1.807) is 0 Å². The number of hydrogen-bond acceptors (Lipinski definition) is 3. The Morgan fingerprint density at radius 1 is 0.875 bits per heavy atom. The molecule has 1 aliphatic carbocycles. The summed E-state index contributed by atoms with van der Waals surface area (Å²) in [5, 5.41) is 3.91. The Kier molecular flexibility index (Phi) is 5.65. The van der Waals surface area contributed by atoms with Gasteiger partial charge in [-0.1, -0.05) is 60.2 Å². The maximum absolute atomic E-state index is 6.23. The van der Waals surface area contributed by atoms with Crippen LogP contribution in [0, 0.1) is 26.7 Å². The zero-order valence-electron chi connectivity index (χ0n) is 19.1. The fourth-order valence-corrected chi connectivity index (χ4v) is 5.51. The van der Waals surface area contributed by atoms with Crippen LogP contribution >= 0.6 is 0 Å². The van der Waals surface area contributed by atoms with Crippen molar-refractivity contribution in [3.63, 3.8) is 0 Å². The van der Waals surface area contributed by atoms with E-state index in [0.29, 0.717) is 25.0 Å². The third-order valence-electron chi connectivity index (χ3n) is 6.76. The van der Waals surface area contributed by atoms with Crippen LogP contribution < -0.4 is 14.8 Å². The summed E-state index contributed by atoms with van der Waals surface area (Å²) in [6.45, 7) is 7.68. The van der Waals surface area contributed by atoms with Crippen LogP contribution in [0.3, 0.4) is 0 Å². The number of fused-ring (bicyclic) bond motifs is 3. The largest absolute Gasteiger partial charge is 0.490 e. The summed E-state index contributed by atoms with van der Waals surface area (Å²) in [5.41, 5.74) is 7.95. The molecule has 3 heteroatoms. The Morgan fingerprint density at radius 3 is 2.41 bits per heavy atom. The van der Waals surface area contributed by atoms with Gasteiger partial charge in [-0.3, -0.25) is 0 Å². The van der Waals surface area contributed by atoms with Gasteiger partial charge in [-0.25, -0.2) is 0 Å². The molecule has 3 unspecified atom stereocenters. The predicted molar refractivity (Wildman–Crippen MR) is 131 cm³/mol. The van der Waals surface area contributed by atoms with Gasteiger partial charge >= 0.3 is 0 Å². The summed E-state index contributed by atoms with van der Waals surface area (Å²) in [4.78, 5) is 0. The van der Waals surface area contributed by atoms with Gasteiger partial charge in [0.05, 0.1) is 11.7 Å². The summed E-state index contributed by atoms with van der Waals surface area (Å²) in [5.74, 6) is 2.72. The fraction of sp³-hybridized carbons (Fsp3) is 0.310. The van der Waals surface area contributed by atoms with Gasteiger partial charge in [0.15, 0.2) is 0 Å². The smallest absolute Gasteiger partial charge is 0.142 e. The number of aryl methyl sites for hydroxylation is 3. The van der Waals surface area contributed by atoms with Crippen LogP contribution in [0.1, 0.15) is 46.2 Å². The maximum atomic E-state index is 6.23. The number of allylic oxidation sites excluding steroid dienone is 2. The lowest BCUT2D eigenvalue weighted by Gasteiger charge is -2.39. The maximum Gasteiger partial charge on any atom is 0.142 e. The fourth-order valence-electron chi connectivity index (χ4n) is 5.51. The Hall–Kier alpha value is -3.20. The molecule has 1 heterocycles. The molecule has 1 aliphatic heterocycles. The van der Waals surface area contributed by atoms with E-state index >= 15 is 0 Å². The number of ether oxygens (including phenoxy) is 2. The van der Waals surface area contributed by atoms with Crippen molar-refractivity contribution >= 4 is 5.69 Å². The van der Waals surface area contributed by atoms with E-state index in [4.69, 9.17) is 9.47 Å². The van der Waals surface area contributed by atoms with Crippen molar-refractivity contribution in [2.45, 2.75) is 39.2 Å². The summed E-state index contributed by atoms with van der Waals surface area (Å²) in [6.07, 6.45) is 5.84. The average Bonchev–Trinajstić information content (AvgIpc) is 3.27. The van der Waals surface area contributed by atoms with Crippen molar-refractivity contribution in [1.82, 2.24) is 0 Å².